The first-order valence-corrected chi connectivity index (χ1v) is 33.2. The van der Waals surface area contributed by atoms with Crippen molar-refractivity contribution < 1.29 is 28.4 Å². The standard InChI is InChI=1S/C66H134O6/c1-9-15-21-27-31-34-36-38-40-43-48-54-61-72-66(70-59-52-46-30-24-18-12-4,71-60-53-47-42-33-29-23-17-11-3)65(68-57-50-26-20-14-6,69-58-51-45-25-19-13-5)64(67-62-56-63(7)8)55-49-44-41-39-37-35-32-28-22-16-10-2/h63-64H,9-62H2,1-8H3. The first-order valence-electron chi connectivity index (χ1n) is 33.2. The maximum atomic E-state index is 7.54. The van der Waals surface area contributed by atoms with Crippen LogP contribution >= 0.6 is 0 Å². The molecule has 3 atom stereocenters. The van der Waals surface area contributed by atoms with Gasteiger partial charge < -0.3 is 28.4 Å². The molecule has 0 aliphatic carbocycles. The molecule has 0 rings (SSSR count). The van der Waals surface area contributed by atoms with Gasteiger partial charge in [-0.15, -0.1) is 0 Å². The maximum absolute atomic E-state index is 7.54. The molecule has 0 spiro atoms. The smallest absolute Gasteiger partial charge is 0.343 e. The van der Waals surface area contributed by atoms with Gasteiger partial charge in [0.1, 0.15) is 6.10 Å². The zero-order valence-corrected chi connectivity index (χ0v) is 50.8. The van der Waals surface area contributed by atoms with Crippen molar-refractivity contribution in [3.8, 4) is 0 Å². The predicted molar refractivity (Wildman–Crippen MR) is 315 cm³/mol. The number of rotatable bonds is 63. The molecule has 0 aromatic heterocycles. The fraction of sp³-hybridized carbons (Fsp3) is 1.00. The van der Waals surface area contributed by atoms with E-state index in [-0.39, 0.29) is 6.10 Å². The summed E-state index contributed by atoms with van der Waals surface area (Å²) in [6.45, 7) is 21.9. The molecule has 0 saturated carbocycles. The lowest BCUT2D eigenvalue weighted by molar-refractivity contribution is -0.514. The second kappa shape index (κ2) is 56.9. The molecular weight excluding hydrogens is 889 g/mol. The zero-order valence-electron chi connectivity index (χ0n) is 50.8. The van der Waals surface area contributed by atoms with E-state index in [0.29, 0.717) is 45.6 Å². The molecule has 0 N–H and O–H groups in total. The Bertz CT molecular complexity index is 1010. The highest BCUT2D eigenvalue weighted by Crippen LogP contribution is 2.42. The number of ether oxygens (including phenoxy) is 6. The highest BCUT2D eigenvalue weighted by atomic mass is 16.9. The normalized spacial score (nSPS) is 14.1. The monoisotopic (exact) mass is 1020 g/mol. The average Bonchev–Trinajstić information content (AvgIpc) is 3.38. The van der Waals surface area contributed by atoms with Gasteiger partial charge in [-0.1, -0.05) is 319 Å². The van der Waals surface area contributed by atoms with E-state index in [1.54, 1.807) is 0 Å². The third-order valence-electron chi connectivity index (χ3n) is 15.2. The van der Waals surface area contributed by atoms with E-state index in [0.717, 1.165) is 83.5 Å². The molecule has 0 aromatic rings. The number of hydrogen-bond acceptors (Lipinski definition) is 6. The van der Waals surface area contributed by atoms with Crippen molar-refractivity contribution >= 4 is 0 Å². The molecule has 0 bridgehead atoms. The Hall–Kier alpha value is -0.240. The van der Waals surface area contributed by atoms with Crippen molar-refractivity contribution in [2.24, 2.45) is 5.92 Å². The molecule has 0 aliphatic rings. The molecule has 72 heavy (non-hydrogen) atoms. The van der Waals surface area contributed by atoms with Gasteiger partial charge in [0.25, 0.3) is 5.79 Å². The Kier molecular flexibility index (Phi) is 56.8. The van der Waals surface area contributed by atoms with Gasteiger partial charge in [-0.05, 0) is 50.9 Å². The van der Waals surface area contributed by atoms with E-state index in [1.807, 2.05) is 0 Å². The summed E-state index contributed by atoms with van der Waals surface area (Å²) in [5.41, 5.74) is 0. The minimum atomic E-state index is -1.54. The lowest BCUT2D eigenvalue weighted by atomic mass is 9.97. The first-order chi connectivity index (χ1) is 35.4. The highest BCUT2D eigenvalue weighted by molar-refractivity contribution is 4.92. The van der Waals surface area contributed by atoms with E-state index < -0.39 is 11.8 Å². The van der Waals surface area contributed by atoms with Gasteiger partial charge in [0.05, 0.1) is 33.0 Å². The molecule has 6 nitrogen and oxygen atoms in total. The molecule has 0 fully saturated rings. The van der Waals surface area contributed by atoms with Gasteiger partial charge in [0, 0.05) is 6.61 Å². The Morgan fingerprint density at radius 1 is 0.236 bits per heavy atom. The van der Waals surface area contributed by atoms with Crippen LogP contribution in [-0.4, -0.2) is 57.5 Å². The van der Waals surface area contributed by atoms with Crippen LogP contribution in [0.3, 0.4) is 0 Å². The first kappa shape index (κ1) is 71.8. The summed E-state index contributed by atoms with van der Waals surface area (Å²) in [6, 6.07) is 0. The number of hydrogen-bond donors (Lipinski definition) is 0. The maximum Gasteiger partial charge on any atom is 0.343 e. The lowest BCUT2D eigenvalue weighted by Crippen LogP contribution is -2.69. The zero-order chi connectivity index (χ0) is 52.6. The molecule has 434 valence electrons. The van der Waals surface area contributed by atoms with Crippen LogP contribution in [0.5, 0.6) is 0 Å². The van der Waals surface area contributed by atoms with Gasteiger partial charge in [0.2, 0.25) is 0 Å². The van der Waals surface area contributed by atoms with E-state index in [9.17, 15) is 0 Å². The van der Waals surface area contributed by atoms with Crippen LogP contribution in [0.4, 0.5) is 0 Å². The van der Waals surface area contributed by atoms with Gasteiger partial charge in [0.15, 0.2) is 0 Å². The molecule has 0 radical (unpaired) electrons. The van der Waals surface area contributed by atoms with Crippen molar-refractivity contribution in [1.29, 1.82) is 0 Å². The van der Waals surface area contributed by atoms with Gasteiger partial charge in [-0.2, -0.15) is 0 Å². The summed E-state index contributed by atoms with van der Waals surface area (Å²) in [6.07, 6.45) is 59.0. The van der Waals surface area contributed by atoms with Gasteiger partial charge >= 0.3 is 5.97 Å². The van der Waals surface area contributed by atoms with E-state index >= 15 is 0 Å². The van der Waals surface area contributed by atoms with Crippen LogP contribution < -0.4 is 0 Å². The van der Waals surface area contributed by atoms with E-state index in [2.05, 4.69) is 55.4 Å². The summed E-state index contributed by atoms with van der Waals surface area (Å²) in [5.74, 6) is -2.37. The summed E-state index contributed by atoms with van der Waals surface area (Å²) in [7, 11) is 0. The van der Waals surface area contributed by atoms with E-state index in [1.165, 1.54) is 225 Å². The second-order valence-electron chi connectivity index (χ2n) is 22.9. The van der Waals surface area contributed by atoms with Crippen LogP contribution in [0, 0.1) is 5.92 Å². The molecule has 0 amide bonds. The van der Waals surface area contributed by atoms with Crippen molar-refractivity contribution in [3.63, 3.8) is 0 Å². The average molecular weight is 1020 g/mol. The summed E-state index contributed by atoms with van der Waals surface area (Å²) < 4.78 is 44.6. The van der Waals surface area contributed by atoms with Crippen LogP contribution in [0.2, 0.25) is 0 Å². The van der Waals surface area contributed by atoms with Gasteiger partial charge in [-0.3, -0.25) is 0 Å². The van der Waals surface area contributed by atoms with Crippen LogP contribution in [0.15, 0.2) is 0 Å². The van der Waals surface area contributed by atoms with Crippen molar-refractivity contribution in [3.05, 3.63) is 0 Å². The molecule has 3 unspecified atom stereocenters. The molecular formula is C66H134O6. The van der Waals surface area contributed by atoms with Crippen molar-refractivity contribution in [2.45, 2.75) is 381 Å². The molecule has 6 heteroatoms. The molecule has 0 heterocycles. The van der Waals surface area contributed by atoms with Crippen LogP contribution in [0.25, 0.3) is 0 Å². The fourth-order valence-electron chi connectivity index (χ4n) is 10.2. The summed E-state index contributed by atoms with van der Waals surface area (Å²) in [5, 5.41) is 0. The highest BCUT2D eigenvalue weighted by Gasteiger charge is 2.64. The Morgan fingerprint density at radius 2 is 0.458 bits per heavy atom. The summed E-state index contributed by atoms with van der Waals surface area (Å²) >= 11 is 0. The molecule has 0 aliphatic heterocycles. The third kappa shape index (κ3) is 41.9. The molecule has 0 saturated heterocycles. The van der Waals surface area contributed by atoms with Crippen molar-refractivity contribution in [1.82, 2.24) is 0 Å². The Balaban J connectivity index is 7.11. The minimum absolute atomic E-state index is 0.387. The fourth-order valence-corrected chi connectivity index (χ4v) is 10.2. The minimum Gasteiger partial charge on any atom is -0.372 e. The molecule has 0 aromatic carbocycles. The lowest BCUT2D eigenvalue weighted by Gasteiger charge is -2.50. The van der Waals surface area contributed by atoms with E-state index in [4.69, 9.17) is 28.4 Å². The number of unbranched alkanes of at least 4 members (excludes halogenated alkanes) is 40. The largest absolute Gasteiger partial charge is 0.372 e. The van der Waals surface area contributed by atoms with Crippen molar-refractivity contribution in [2.75, 3.05) is 39.6 Å². The third-order valence-corrected chi connectivity index (χ3v) is 15.2. The second-order valence-corrected chi connectivity index (χ2v) is 22.9. The summed E-state index contributed by atoms with van der Waals surface area (Å²) in [4.78, 5) is 0. The quantitative estimate of drug-likeness (QED) is 0.0447. The topological polar surface area (TPSA) is 55.4 Å². The Labute approximate surface area is 453 Å². The van der Waals surface area contributed by atoms with Crippen LogP contribution in [0.1, 0.15) is 364 Å². The van der Waals surface area contributed by atoms with Crippen LogP contribution in [-0.2, 0) is 28.4 Å². The SMILES string of the molecule is CCCCCCCCCCCCCCOC(OCCCCCCCC)(OCCCCCCCCCC)C(OCCCCCC)(OCCCCCCC)C(CCCCCCCCCCCCC)OCCC(C)C. The van der Waals surface area contributed by atoms with Gasteiger partial charge in [-0.25, -0.2) is 0 Å². The Morgan fingerprint density at radius 3 is 0.722 bits per heavy atom. The predicted octanol–water partition coefficient (Wildman–Crippen LogP) is 22.3.